The van der Waals surface area contributed by atoms with Crippen LogP contribution in [0.3, 0.4) is 0 Å². The average Bonchev–Trinajstić information content (AvgIpc) is 2.79. The van der Waals surface area contributed by atoms with Gasteiger partial charge in [0.25, 0.3) is 0 Å². The average molecular weight is 422 g/mol. The molecule has 0 N–H and O–H groups in total. The minimum Gasteiger partial charge on any atom is -0.341 e. The minimum atomic E-state index is 0.0508. The Balaban J connectivity index is 1.66. The number of Topliss-reactive ketones (excluding diaryl/α,β-unsaturated/α-hetero) is 1. The summed E-state index contributed by atoms with van der Waals surface area (Å²) in [4.78, 5) is 34.4. The molecule has 5 nitrogen and oxygen atoms in total. The van der Waals surface area contributed by atoms with Gasteiger partial charge in [-0.3, -0.25) is 19.6 Å². The third-order valence-electron chi connectivity index (χ3n) is 4.93. The smallest absolute Gasteiger partial charge is 0.222 e. The predicted molar refractivity (Wildman–Crippen MR) is 118 cm³/mol. The van der Waals surface area contributed by atoms with Gasteiger partial charge in [-0.05, 0) is 41.8 Å². The first-order valence-corrected chi connectivity index (χ1v) is 10.3. The fourth-order valence-electron chi connectivity index (χ4n) is 3.13. The third kappa shape index (κ3) is 5.51. The summed E-state index contributed by atoms with van der Waals surface area (Å²) in [7, 11) is 1.77. The number of carbonyl (C=O) groups is 2. The van der Waals surface area contributed by atoms with Crippen LogP contribution in [0.15, 0.2) is 61.1 Å². The number of carbonyl (C=O) groups excluding carboxylic acids is 2. The Bertz CT molecular complexity index is 1020. The van der Waals surface area contributed by atoms with Crippen molar-refractivity contribution in [2.24, 2.45) is 0 Å². The minimum absolute atomic E-state index is 0.0508. The molecule has 30 heavy (non-hydrogen) atoms. The zero-order valence-electron chi connectivity index (χ0n) is 17.1. The van der Waals surface area contributed by atoms with E-state index in [2.05, 4.69) is 9.97 Å². The quantitative estimate of drug-likeness (QED) is 0.481. The van der Waals surface area contributed by atoms with E-state index in [4.69, 9.17) is 11.6 Å². The highest BCUT2D eigenvalue weighted by atomic mass is 35.5. The van der Waals surface area contributed by atoms with Gasteiger partial charge in [0.05, 0.1) is 5.69 Å². The molecule has 0 aliphatic heterocycles. The summed E-state index contributed by atoms with van der Waals surface area (Å²) in [5.74, 6) is 0.121. The normalized spacial score (nSPS) is 10.6. The summed E-state index contributed by atoms with van der Waals surface area (Å²) in [6.45, 7) is 2.30. The monoisotopic (exact) mass is 421 g/mol. The molecule has 0 aliphatic carbocycles. The molecule has 0 saturated carbocycles. The van der Waals surface area contributed by atoms with Crippen molar-refractivity contribution in [3.63, 3.8) is 0 Å². The molecule has 1 aromatic carbocycles. The summed E-state index contributed by atoms with van der Waals surface area (Å²) in [5, 5.41) is 0.585. The number of nitrogens with zero attached hydrogens (tertiary/aromatic N) is 3. The number of aryl methyl sites for hydroxylation is 1. The zero-order chi connectivity index (χ0) is 21.5. The Kier molecular flexibility index (Phi) is 7.31. The van der Waals surface area contributed by atoms with E-state index in [9.17, 15) is 9.59 Å². The number of pyridine rings is 2. The van der Waals surface area contributed by atoms with Crippen LogP contribution in [0, 0.1) is 0 Å². The lowest BCUT2D eigenvalue weighted by Gasteiger charge is -2.17. The van der Waals surface area contributed by atoms with Crippen LogP contribution in [0.2, 0.25) is 5.02 Å². The van der Waals surface area contributed by atoms with Gasteiger partial charge >= 0.3 is 0 Å². The second-order valence-corrected chi connectivity index (χ2v) is 7.53. The molecule has 3 aromatic rings. The van der Waals surface area contributed by atoms with Crippen molar-refractivity contribution in [1.82, 2.24) is 14.9 Å². The van der Waals surface area contributed by atoms with Crippen molar-refractivity contribution >= 4 is 23.3 Å². The highest BCUT2D eigenvalue weighted by molar-refractivity contribution is 6.31. The van der Waals surface area contributed by atoms with Crippen LogP contribution in [-0.2, 0) is 17.8 Å². The van der Waals surface area contributed by atoms with E-state index in [-0.39, 0.29) is 11.7 Å². The van der Waals surface area contributed by atoms with Gasteiger partial charge < -0.3 is 4.90 Å². The predicted octanol–water partition coefficient (Wildman–Crippen LogP) is 4.98. The van der Waals surface area contributed by atoms with Crippen molar-refractivity contribution in [1.29, 1.82) is 0 Å². The zero-order valence-corrected chi connectivity index (χ0v) is 17.9. The molecule has 0 atom stereocenters. The van der Waals surface area contributed by atoms with Crippen molar-refractivity contribution < 1.29 is 9.59 Å². The molecule has 0 bridgehead atoms. The molecule has 0 radical (unpaired) electrons. The van der Waals surface area contributed by atoms with E-state index in [0.717, 1.165) is 22.4 Å². The second kappa shape index (κ2) is 10.1. The van der Waals surface area contributed by atoms with E-state index >= 15 is 0 Å². The Hall–Kier alpha value is -3.05. The van der Waals surface area contributed by atoms with Gasteiger partial charge in [0, 0.05) is 61.2 Å². The van der Waals surface area contributed by atoms with Crippen molar-refractivity contribution in [2.45, 2.75) is 32.7 Å². The van der Waals surface area contributed by atoms with Gasteiger partial charge in [-0.1, -0.05) is 36.7 Å². The Morgan fingerprint density at radius 2 is 1.93 bits per heavy atom. The number of amides is 1. The first-order chi connectivity index (χ1) is 14.5. The van der Waals surface area contributed by atoms with Crippen LogP contribution in [0.25, 0.3) is 11.3 Å². The van der Waals surface area contributed by atoms with Gasteiger partial charge in [-0.15, -0.1) is 0 Å². The lowest BCUT2D eigenvalue weighted by Crippen LogP contribution is -2.25. The number of aromatic nitrogens is 2. The molecule has 1 amide bonds. The van der Waals surface area contributed by atoms with E-state index in [0.29, 0.717) is 36.4 Å². The summed E-state index contributed by atoms with van der Waals surface area (Å²) >= 11 is 6.43. The standard InChI is InChI=1S/C24H24ClN3O2/c1-3-24(30)28(2)16-20-8-7-18(13-21(20)25)22-10-9-19(15-27-22)23(29)11-6-17-5-4-12-26-14-17/h4-5,7-10,12-15H,3,6,11,16H2,1-2H3. The van der Waals surface area contributed by atoms with Crippen LogP contribution in [0.1, 0.15) is 41.3 Å². The lowest BCUT2D eigenvalue weighted by atomic mass is 10.0. The van der Waals surface area contributed by atoms with Crippen LogP contribution < -0.4 is 0 Å². The number of hydrogen-bond donors (Lipinski definition) is 0. The lowest BCUT2D eigenvalue weighted by molar-refractivity contribution is -0.130. The maximum absolute atomic E-state index is 12.4. The second-order valence-electron chi connectivity index (χ2n) is 7.13. The number of ketones is 1. The Morgan fingerprint density at radius 1 is 1.10 bits per heavy atom. The maximum atomic E-state index is 12.4. The first-order valence-electron chi connectivity index (χ1n) is 9.89. The SMILES string of the molecule is CCC(=O)N(C)Cc1ccc(-c2ccc(C(=O)CCc3cccnc3)cn2)cc1Cl. The summed E-state index contributed by atoms with van der Waals surface area (Å²) in [6.07, 6.45) is 6.63. The number of halogens is 1. The molecule has 0 saturated heterocycles. The van der Waals surface area contributed by atoms with Crippen LogP contribution in [0.5, 0.6) is 0 Å². The van der Waals surface area contributed by atoms with Crippen LogP contribution >= 0.6 is 11.6 Å². The van der Waals surface area contributed by atoms with E-state index in [1.54, 1.807) is 36.6 Å². The summed E-state index contributed by atoms with van der Waals surface area (Å²) in [5.41, 5.74) is 4.11. The summed E-state index contributed by atoms with van der Waals surface area (Å²) < 4.78 is 0. The van der Waals surface area contributed by atoms with Gasteiger partial charge in [0.15, 0.2) is 5.78 Å². The molecule has 0 fully saturated rings. The molecule has 6 heteroatoms. The van der Waals surface area contributed by atoms with Gasteiger partial charge in [-0.25, -0.2) is 0 Å². The van der Waals surface area contributed by atoms with Crippen LogP contribution in [-0.4, -0.2) is 33.6 Å². The summed E-state index contributed by atoms with van der Waals surface area (Å²) in [6, 6.07) is 13.1. The molecule has 2 heterocycles. The fraction of sp³-hybridized carbons (Fsp3) is 0.250. The Morgan fingerprint density at radius 3 is 2.57 bits per heavy atom. The van der Waals surface area contributed by atoms with Gasteiger partial charge in [-0.2, -0.15) is 0 Å². The number of benzene rings is 1. The highest BCUT2D eigenvalue weighted by Crippen LogP contribution is 2.25. The first kappa shape index (κ1) is 21.7. The van der Waals surface area contributed by atoms with E-state index < -0.39 is 0 Å². The molecule has 154 valence electrons. The van der Waals surface area contributed by atoms with Crippen molar-refractivity contribution in [3.8, 4) is 11.3 Å². The maximum Gasteiger partial charge on any atom is 0.222 e. The Labute approximate surface area is 181 Å². The molecule has 3 rings (SSSR count). The molecule has 0 spiro atoms. The topological polar surface area (TPSA) is 63.2 Å². The molecular formula is C24H24ClN3O2. The third-order valence-corrected chi connectivity index (χ3v) is 5.29. The van der Waals surface area contributed by atoms with Crippen molar-refractivity contribution in [2.75, 3.05) is 7.05 Å². The van der Waals surface area contributed by atoms with E-state index in [1.807, 2.05) is 43.3 Å². The molecule has 0 unspecified atom stereocenters. The number of rotatable bonds is 8. The van der Waals surface area contributed by atoms with Crippen molar-refractivity contribution in [3.05, 3.63) is 82.8 Å². The highest BCUT2D eigenvalue weighted by Gasteiger charge is 2.12. The molecule has 2 aromatic heterocycles. The van der Waals surface area contributed by atoms with E-state index in [1.165, 1.54) is 0 Å². The van der Waals surface area contributed by atoms with Crippen LogP contribution in [0.4, 0.5) is 0 Å². The van der Waals surface area contributed by atoms with Gasteiger partial charge in [0.1, 0.15) is 0 Å². The van der Waals surface area contributed by atoms with Gasteiger partial charge in [0.2, 0.25) is 5.91 Å². The number of hydrogen-bond acceptors (Lipinski definition) is 4. The largest absolute Gasteiger partial charge is 0.341 e. The molecule has 0 aliphatic rings. The molecular weight excluding hydrogens is 398 g/mol. The fourth-order valence-corrected chi connectivity index (χ4v) is 3.37.